The Morgan fingerprint density at radius 1 is 1.33 bits per heavy atom. The molecule has 0 heterocycles. The van der Waals surface area contributed by atoms with Crippen LogP contribution in [-0.4, -0.2) is 10.2 Å². The standard InChI is InChI=1S/C13H14N2O2S/c14-9-10-6-7-12(15(16)17)13(8-10)18-11-4-2-1-3-5-11/h6-8,11H,1-5H2. The van der Waals surface area contributed by atoms with E-state index >= 15 is 0 Å². The highest BCUT2D eigenvalue weighted by Crippen LogP contribution is 2.38. The lowest BCUT2D eigenvalue weighted by atomic mass is 10.0. The highest BCUT2D eigenvalue weighted by molar-refractivity contribution is 8.00. The Morgan fingerprint density at radius 3 is 2.67 bits per heavy atom. The molecule has 18 heavy (non-hydrogen) atoms. The maximum absolute atomic E-state index is 11.0. The van der Waals surface area contributed by atoms with Crippen LogP contribution in [0.25, 0.3) is 0 Å². The van der Waals surface area contributed by atoms with Crippen LogP contribution in [0.4, 0.5) is 5.69 Å². The van der Waals surface area contributed by atoms with E-state index in [1.807, 2.05) is 6.07 Å². The van der Waals surface area contributed by atoms with Crippen LogP contribution in [0.2, 0.25) is 0 Å². The molecule has 1 aliphatic carbocycles. The van der Waals surface area contributed by atoms with Crippen molar-refractivity contribution in [2.75, 3.05) is 0 Å². The van der Waals surface area contributed by atoms with Gasteiger partial charge in [-0.05, 0) is 25.0 Å². The number of thioether (sulfide) groups is 1. The van der Waals surface area contributed by atoms with Crippen LogP contribution >= 0.6 is 11.8 Å². The molecule has 0 radical (unpaired) electrons. The van der Waals surface area contributed by atoms with Crippen molar-refractivity contribution in [3.63, 3.8) is 0 Å². The summed E-state index contributed by atoms with van der Waals surface area (Å²) in [6.45, 7) is 0. The molecular formula is C13H14N2O2S. The molecule has 1 aromatic rings. The molecule has 94 valence electrons. The molecule has 2 rings (SSSR count). The fourth-order valence-electron chi connectivity index (χ4n) is 2.19. The van der Waals surface area contributed by atoms with Gasteiger partial charge in [0.05, 0.1) is 21.5 Å². The minimum absolute atomic E-state index is 0.115. The van der Waals surface area contributed by atoms with E-state index in [-0.39, 0.29) is 10.6 Å². The van der Waals surface area contributed by atoms with Gasteiger partial charge in [-0.1, -0.05) is 19.3 Å². The predicted molar refractivity (Wildman–Crippen MR) is 70.5 cm³/mol. The second-order valence-electron chi connectivity index (χ2n) is 4.43. The second-order valence-corrected chi connectivity index (χ2v) is 5.77. The van der Waals surface area contributed by atoms with E-state index in [0.717, 1.165) is 12.8 Å². The van der Waals surface area contributed by atoms with Gasteiger partial charge in [-0.15, -0.1) is 11.8 Å². The normalized spacial score (nSPS) is 16.2. The van der Waals surface area contributed by atoms with Crippen molar-refractivity contribution in [1.29, 1.82) is 5.26 Å². The molecule has 0 atom stereocenters. The molecule has 1 saturated carbocycles. The van der Waals surface area contributed by atoms with Gasteiger partial charge in [-0.3, -0.25) is 10.1 Å². The fraction of sp³-hybridized carbons (Fsp3) is 0.462. The van der Waals surface area contributed by atoms with E-state index in [0.29, 0.717) is 15.7 Å². The largest absolute Gasteiger partial charge is 0.282 e. The number of hydrogen-bond donors (Lipinski definition) is 0. The molecule has 0 unspecified atom stereocenters. The molecule has 0 spiro atoms. The van der Waals surface area contributed by atoms with Crippen molar-refractivity contribution in [3.8, 4) is 6.07 Å². The Bertz CT molecular complexity index is 490. The second kappa shape index (κ2) is 5.87. The summed E-state index contributed by atoms with van der Waals surface area (Å²) in [5, 5.41) is 20.3. The van der Waals surface area contributed by atoms with E-state index in [1.165, 1.54) is 31.4 Å². The third-order valence-corrected chi connectivity index (χ3v) is 4.52. The number of hydrogen-bond acceptors (Lipinski definition) is 4. The van der Waals surface area contributed by atoms with Gasteiger partial charge in [0.2, 0.25) is 0 Å². The summed E-state index contributed by atoms with van der Waals surface area (Å²) in [4.78, 5) is 11.2. The number of nitriles is 1. The SMILES string of the molecule is N#Cc1ccc([N+](=O)[O-])c(SC2CCCCC2)c1. The van der Waals surface area contributed by atoms with Gasteiger partial charge in [-0.25, -0.2) is 0 Å². The lowest BCUT2D eigenvalue weighted by Crippen LogP contribution is -2.08. The molecule has 0 amide bonds. The Kier molecular flexibility index (Phi) is 4.21. The van der Waals surface area contributed by atoms with Crippen LogP contribution in [0.5, 0.6) is 0 Å². The Morgan fingerprint density at radius 2 is 2.06 bits per heavy atom. The van der Waals surface area contributed by atoms with E-state index < -0.39 is 0 Å². The van der Waals surface area contributed by atoms with Crippen LogP contribution in [0.1, 0.15) is 37.7 Å². The van der Waals surface area contributed by atoms with Crippen LogP contribution < -0.4 is 0 Å². The van der Waals surface area contributed by atoms with Crippen molar-refractivity contribution in [2.24, 2.45) is 0 Å². The number of nitrogens with zero attached hydrogens (tertiary/aromatic N) is 2. The first kappa shape index (κ1) is 12.9. The zero-order chi connectivity index (χ0) is 13.0. The zero-order valence-electron chi connectivity index (χ0n) is 9.96. The van der Waals surface area contributed by atoms with Crippen LogP contribution in [-0.2, 0) is 0 Å². The minimum atomic E-state index is -0.369. The smallest absolute Gasteiger partial charge is 0.258 e. The first-order chi connectivity index (χ1) is 8.70. The number of nitro groups is 1. The summed E-state index contributed by atoms with van der Waals surface area (Å²) in [6, 6.07) is 6.61. The highest BCUT2D eigenvalue weighted by atomic mass is 32.2. The summed E-state index contributed by atoms with van der Waals surface area (Å²) >= 11 is 1.56. The Balaban J connectivity index is 2.23. The lowest BCUT2D eigenvalue weighted by Gasteiger charge is -2.20. The van der Waals surface area contributed by atoms with E-state index in [1.54, 1.807) is 17.8 Å². The maximum Gasteiger partial charge on any atom is 0.282 e. The van der Waals surface area contributed by atoms with Gasteiger partial charge in [0.25, 0.3) is 5.69 Å². The molecule has 0 N–H and O–H groups in total. The van der Waals surface area contributed by atoms with Gasteiger partial charge in [0.15, 0.2) is 0 Å². The summed E-state index contributed by atoms with van der Waals surface area (Å²) in [6.07, 6.45) is 5.88. The average Bonchev–Trinajstić information content (AvgIpc) is 2.39. The van der Waals surface area contributed by atoms with Gasteiger partial charge < -0.3 is 0 Å². The van der Waals surface area contributed by atoms with Crippen LogP contribution in [0, 0.1) is 21.4 Å². The molecule has 0 aromatic heterocycles. The first-order valence-electron chi connectivity index (χ1n) is 6.06. The third-order valence-electron chi connectivity index (χ3n) is 3.13. The number of benzene rings is 1. The minimum Gasteiger partial charge on any atom is -0.258 e. The summed E-state index contributed by atoms with van der Waals surface area (Å²) in [5.41, 5.74) is 0.600. The molecule has 1 fully saturated rings. The number of rotatable bonds is 3. The molecule has 1 aliphatic rings. The Labute approximate surface area is 110 Å². The van der Waals surface area contributed by atoms with E-state index in [2.05, 4.69) is 0 Å². The fourth-order valence-corrected chi connectivity index (χ4v) is 3.58. The topological polar surface area (TPSA) is 66.9 Å². The van der Waals surface area contributed by atoms with E-state index in [4.69, 9.17) is 5.26 Å². The summed E-state index contributed by atoms with van der Waals surface area (Å²) in [7, 11) is 0. The Hall–Kier alpha value is -1.54. The van der Waals surface area contributed by atoms with Crippen molar-refractivity contribution in [2.45, 2.75) is 42.2 Å². The zero-order valence-corrected chi connectivity index (χ0v) is 10.8. The quantitative estimate of drug-likeness (QED) is 0.612. The monoisotopic (exact) mass is 262 g/mol. The third kappa shape index (κ3) is 3.02. The van der Waals surface area contributed by atoms with Crippen molar-refractivity contribution in [1.82, 2.24) is 0 Å². The first-order valence-corrected chi connectivity index (χ1v) is 6.94. The molecule has 5 heteroatoms. The summed E-state index contributed by atoms with van der Waals surface area (Å²) in [5.74, 6) is 0. The maximum atomic E-state index is 11.0. The van der Waals surface area contributed by atoms with Crippen molar-refractivity contribution in [3.05, 3.63) is 33.9 Å². The van der Waals surface area contributed by atoms with Crippen LogP contribution in [0.15, 0.2) is 23.1 Å². The van der Waals surface area contributed by atoms with Crippen LogP contribution in [0.3, 0.4) is 0 Å². The van der Waals surface area contributed by atoms with Crippen molar-refractivity contribution >= 4 is 17.4 Å². The molecule has 0 saturated heterocycles. The van der Waals surface area contributed by atoms with Gasteiger partial charge in [0, 0.05) is 11.3 Å². The summed E-state index contributed by atoms with van der Waals surface area (Å²) < 4.78 is 0. The predicted octanol–water partition coefficient (Wildman–Crippen LogP) is 3.89. The average molecular weight is 262 g/mol. The molecule has 1 aromatic carbocycles. The molecule has 0 bridgehead atoms. The van der Waals surface area contributed by atoms with E-state index in [9.17, 15) is 10.1 Å². The molecule has 4 nitrogen and oxygen atoms in total. The van der Waals surface area contributed by atoms with Gasteiger partial charge >= 0.3 is 0 Å². The molecule has 0 aliphatic heterocycles. The number of nitro benzene ring substituents is 1. The van der Waals surface area contributed by atoms with Crippen molar-refractivity contribution < 1.29 is 4.92 Å². The van der Waals surface area contributed by atoms with Gasteiger partial charge in [0.1, 0.15) is 0 Å². The molecular weight excluding hydrogens is 248 g/mol. The lowest BCUT2D eigenvalue weighted by molar-refractivity contribution is -0.387. The van der Waals surface area contributed by atoms with Gasteiger partial charge in [-0.2, -0.15) is 5.26 Å². The highest BCUT2D eigenvalue weighted by Gasteiger charge is 2.21.